The Labute approximate surface area is 123 Å². The van der Waals surface area contributed by atoms with Gasteiger partial charge < -0.3 is 9.15 Å². The van der Waals surface area contributed by atoms with Crippen LogP contribution in [0.15, 0.2) is 27.1 Å². The van der Waals surface area contributed by atoms with Gasteiger partial charge >= 0.3 is 5.97 Å². The molecule has 0 aliphatic rings. The van der Waals surface area contributed by atoms with Crippen LogP contribution in [0.4, 0.5) is 0 Å². The number of halogens is 2. The minimum absolute atomic E-state index is 0.118. The number of benzene rings is 1. The number of aryl methyl sites for hydroxylation is 1. The van der Waals surface area contributed by atoms with Crippen LogP contribution in [0, 0.1) is 6.92 Å². The van der Waals surface area contributed by atoms with Crippen LogP contribution in [0.3, 0.4) is 0 Å². The summed E-state index contributed by atoms with van der Waals surface area (Å²) in [5.41, 5.74) is 1.18. The van der Waals surface area contributed by atoms with Gasteiger partial charge in [0, 0.05) is 15.1 Å². The van der Waals surface area contributed by atoms with Gasteiger partial charge in [-0.25, -0.2) is 9.78 Å². The van der Waals surface area contributed by atoms with Crippen LogP contribution in [0.2, 0.25) is 5.02 Å². The molecule has 0 spiro atoms. The quantitative estimate of drug-likeness (QED) is 0.781. The topological polar surface area (TPSA) is 52.3 Å². The summed E-state index contributed by atoms with van der Waals surface area (Å²) in [5, 5.41) is 0.554. The lowest BCUT2D eigenvalue weighted by Crippen LogP contribution is -2.04. The zero-order valence-electron chi connectivity index (χ0n) is 10.4. The lowest BCUT2D eigenvalue weighted by atomic mass is 10.2. The Morgan fingerprint density at radius 3 is 2.84 bits per heavy atom. The molecule has 0 bridgehead atoms. The highest BCUT2D eigenvalue weighted by Crippen LogP contribution is 2.28. The van der Waals surface area contributed by atoms with Crippen LogP contribution >= 0.6 is 27.5 Å². The maximum Gasteiger partial charge on any atom is 0.376 e. The largest absolute Gasteiger partial charge is 0.460 e. The Hall–Kier alpha value is -1.33. The molecule has 0 saturated carbocycles. The Kier molecular flexibility index (Phi) is 4.27. The molecule has 0 unspecified atom stereocenters. The molecule has 1 aromatic carbocycles. The predicted octanol–water partition coefficient (Wildman–Crippen LogP) is 4.24. The summed E-state index contributed by atoms with van der Waals surface area (Å²) in [6.07, 6.45) is 0. The van der Waals surface area contributed by atoms with Gasteiger partial charge in [0.1, 0.15) is 0 Å². The Balaban J connectivity index is 2.41. The van der Waals surface area contributed by atoms with Gasteiger partial charge in [-0.3, -0.25) is 0 Å². The van der Waals surface area contributed by atoms with E-state index in [-0.39, 0.29) is 12.4 Å². The molecule has 1 heterocycles. The number of carbonyl (C=O) groups excluding carboxylic acids is 1. The SMILES string of the molecule is CCOC(=O)c1oc(-c2cc(Cl)cc(Br)c2)nc1C. The molecular formula is C13H11BrClNO3. The van der Waals surface area contributed by atoms with Gasteiger partial charge in [0.15, 0.2) is 0 Å². The molecular weight excluding hydrogens is 334 g/mol. The highest BCUT2D eigenvalue weighted by Gasteiger charge is 2.19. The zero-order chi connectivity index (χ0) is 14.0. The van der Waals surface area contributed by atoms with Gasteiger partial charge in [0.2, 0.25) is 11.7 Å². The fourth-order valence-corrected chi connectivity index (χ4v) is 2.44. The molecule has 2 rings (SSSR count). The Morgan fingerprint density at radius 2 is 2.21 bits per heavy atom. The van der Waals surface area contributed by atoms with Gasteiger partial charge in [0.25, 0.3) is 0 Å². The molecule has 2 aromatic rings. The molecule has 0 saturated heterocycles. The van der Waals surface area contributed by atoms with Crippen LogP contribution in [-0.4, -0.2) is 17.6 Å². The van der Waals surface area contributed by atoms with Crippen molar-refractivity contribution in [3.05, 3.63) is 39.1 Å². The molecule has 0 atom stereocenters. The van der Waals surface area contributed by atoms with Crippen LogP contribution in [-0.2, 0) is 4.74 Å². The van der Waals surface area contributed by atoms with Crippen molar-refractivity contribution in [2.45, 2.75) is 13.8 Å². The lowest BCUT2D eigenvalue weighted by Gasteiger charge is -1.99. The summed E-state index contributed by atoms with van der Waals surface area (Å²) in [7, 11) is 0. The third kappa shape index (κ3) is 3.16. The number of carbonyl (C=O) groups is 1. The van der Waals surface area contributed by atoms with Crippen molar-refractivity contribution < 1.29 is 13.9 Å². The molecule has 0 aliphatic carbocycles. The third-order valence-corrected chi connectivity index (χ3v) is 3.04. The summed E-state index contributed by atoms with van der Waals surface area (Å²) in [5.74, 6) is -0.0588. The highest BCUT2D eigenvalue weighted by atomic mass is 79.9. The summed E-state index contributed by atoms with van der Waals surface area (Å²) < 4.78 is 11.2. The molecule has 0 aliphatic heterocycles. The van der Waals surface area contributed by atoms with E-state index in [1.54, 1.807) is 26.0 Å². The normalized spacial score (nSPS) is 10.5. The van der Waals surface area contributed by atoms with Gasteiger partial charge in [-0.05, 0) is 32.0 Å². The summed E-state index contributed by atoms with van der Waals surface area (Å²) in [4.78, 5) is 15.9. The van der Waals surface area contributed by atoms with Crippen LogP contribution in [0.1, 0.15) is 23.2 Å². The fourth-order valence-electron chi connectivity index (χ4n) is 1.58. The maximum atomic E-state index is 11.7. The second kappa shape index (κ2) is 5.75. The number of ether oxygens (including phenoxy) is 1. The third-order valence-electron chi connectivity index (χ3n) is 2.37. The summed E-state index contributed by atoms with van der Waals surface area (Å²) in [6.45, 7) is 3.72. The predicted molar refractivity (Wildman–Crippen MR) is 75.3 cm³/mol. The van der Waals surface area contributed by atoms with Gasteiger partial charge in [-0.1, -0.05) is 27.5 Å². The molecule has 0 amide bonds. The van der Waals surface area contributed by atoms with Crippen molar-refractivity contribution >= 4 is 33.5 Å². The van der Waals surface area contributed by atoms with Crippen molar-refractivity contribution in [2.24, 2.45) is 0 Å². The average Bonchev–Trinajstić information content (AvgIpc) is 2.70. The van der Waals surface area contributed by atoms with E-state index in [0.717, 1.165) is 4.47 Å². The first-order chi connectivity index (χ1) is 9.01. The molecule has 4 nitrogen and oxygen atoms in total. The average molecular weight is 345 g/mol. The monoisotopic (exact) mass is 343 g/mol. The number of hydrogen-bond acceptors (Lipinski definition) is 4. The summed E-state index contributed by atoms with van der Waals surface area (Å²) in [6, 6.07) is 5.28. The van der Waals surface area contributed by atoms with Crippen LogP contribution < -0.4 is 0 Å². The second-order valence-corrected chi connectivity index (χ2v) is 5.16. The number of hydrogen-bond donors (Lipinski definition) is 0. The smallest absolute Gasteiger partial charge is 0.376 e. The van der Waals surface area contributed by atoms with E-state index in [1.165, 1.54) is 0 Å². The number of aromatic nitrogens is 1. The van der Waals surface area contributed by atoms with Crippen molar-refractivity contribution in [3.8, 4) is 11.5 Å². The Morgan fingerprint density at radius 1 is 1.47 bits per heavy atom. The van der Waals surface area contributed by atoms with E-state index in [9.17, 15) is 4.79 Å². The number of oxazole rings is 1. The van der Waals surface area contributed by atoms with Crippen molar-refractivity contribution in [1.29, 1.82) is 0 Å². The molecule has 0 N–H and O–H groups in total. The fraction of sp³-hybridized carbons (Fsp3) is 0.231. The maximum absolute atomic E-state index is 11.7. The molecule has 100 valence electrons. The van der Waals surface area contributed by atoms with Crippen LogP contribution in [0.25, 0.3) is 11.5 Å². The number of rotatable bonds is 3. The zero-order valence-corrected chi connectivity index (χ0v) is 12.7. The van der Waals surface area contributed by atoms with E-state index in [4.69, 9.17) is 20.8 Å². The van der Waals surface area contributed by atoms with Gasteiger partial charge in [-0.2, -0.15) is 0 Å². The van der Waals surface area contributed by atoms with Crippen molar-refractivity contribution in [3.63, 3.8) is 0 Å². The minimum Gasteiger partial charge on any atom is -0.460 e. The molecule has 0 fully saturated rings. The lowest BCUT2D eigenvalue weighted by molar-refractivity contribution is 0.0490. The molecule has 6 heteroatoms. The van der Waals surface area contributed by atoms with Crippen molar-refractivity contribution in [1.82, 2.24) is 4.98 Å². The molecule has 1 aromatic heterocycles. The number of nitrogens with zero attached hydrogens (tertiary/aromatic N) is 1. The van der Waals surface area contributed by atoms with E-state index in [0.29, 0.717) is 22.2 Å². The van der Waals surface area contributed by atoms with Crippen molar-refractivity contribution in [2.75, 3.05) is 6.61 Å². The van der Waals surface area contributed by atoms with E-state index >= 15 is 0 Å². The Bertz CT molecular complexity index is 604. The standard InChI is InChI=1S/C13H11BrClNO3/c1-3-18-13(17)11-7(2)16-12(19-11)8-4-9(14)6-10(15)5-8/h4-6H,3H2,1-2H3. The summed E-state index contributed by atoms with van der Waals surface area (Å²) >= 11 is 9.31. The second-order valence-electron chi connectivity index (χ2n) is 3.81. The van der Waals surface area contributed by atoms with E-state index in [1.807, 2.05) is 6.07 Å². The first-order valence-electron chi connectivity index (χ1n) is 5.62. The molecule has 0 radical (unpaired) electrons. The molecule has 19 heavy (non-hydrogen) atoms. The van der Waals surface area contributed by atoms with Gasteiger partial charge in [-0.15, -0.1) is 0 Å². The van der Waals surface area contributed by atoms with Gasteiger partial charge in [0.05, 0.1) is 12.3 Å². The van der Waals surface area contributed by atoms with E-state index in [2.05, 4.69) is 20.9 Å². The first-order valence-corrected chi connectivity index (χ1v) is 6.79. The van der Waals surface area contributed by atoms with E-state index < -0.39 is 5.97 Å². The highest BCUT2D eigenvalue weighted by molar-refractivity contribution is 9.10. The minimum atomic E-state index is -0.514. The first kappa shape index (κ1) is 14.1. The van der Waals surface area contributed by atoms with Crippen LogP contribution in [0.5, 0.6) is 0 Å². The number of esters is 1.